The second-order valence-electron chi connectivity index (χ2n) is 4.84. The van der Waals surface area contributed by atoms with Crippen molar-refractivity contribution in [3.63, 3.8) is 0 Å². The van der Waals surface area contributed by atoms with Crippen molar-refractivity contribution < 1.29 is 4.92 Å². The molecule has 0 aliphatic heterocycles. The van der Waals surface area contributed by atoms with E-state index in [0.717, 1.165) is 24.9 Å². The third-order valence-electron chi connectivity index (χ3n) is 3.39. The molecular weight excluding hydrogens is 296 g/mol. The van der Waals surface area contributed by atoms with Crippen LogP contribution in [0.1, 0.15) is 23.4 Å². The Morgan fingerprint density at radius 2 is 2.04 bits per heavy atom. The second kappa shape index (κ2) is 7.05. The maximum atomic E-state index is 11.1. The Bertz CT molecular complexity index is 812. The molecule has 1 aromatic carbocycles. The van der Waals surface area contributed by atoms with E-state index in [4.69, 9.17) is 10.5 Å². The van der Waals surface area contributed by atoms with E-state index in [0.29, 0.717) is 6.54 Å². The van der Waals surface area contributed by atoms with Crippen LogP contribution in [0.15, 0.2) is 24.5 Å². The van der Waals surface area contributed by atoms with Gasteiger partial charge in [0.25, 0.3) is 5.69 Å². The summed E-state index contributed by atoms with van der Waals surface area (Å²) < 4.78 is 1.98. The number of nitro benzene ring substituents is 1. The van der Waals surface area contributed by atoms with E-state index in [2.05, 4.69) is 10.3 Å². The number of hydrogen-bond donors (Lipinski definition) is 1. The standard InChI is InChI=1S/C15H14N6O2/c1-11-18-4-6-20(11)5-2-3-19-14-7-12(9-16)13(10-17)8-15(14)21(22)23/h4,6-8,19H,2-3,5H2,1H3. The van der Waals surface area contributed by atoms with Gasteiger partial charge in [-0.25, -0.2) is 4.98 Å². The van der Waals surface area contributed by atoms with Gasteiger partial charge in [0.2, 0.25) is 0 Å². The average molecular weight is 310 g/mol. The molecule has 0 saturated carbocycles. The Balaban J connectivity index is 2.09. The summed E-state index contributed by atoms with van der Waals surface area (Å²) in [6.45, 7) is 3.13. The largest absolute Gasteiger partial charge is 0.379 e. The molecule has 2 aromatic rings. The number of nitriles is 2. The smallest absolute Gasteiger partial charge is 0.293 e. The molecule has 0 spiro atoms. The van der Waals surface area contributed by atoms with Crippen molar-refractivity contribution in [1.82, 2.24) is 9.55 Å². The number of anilines is 1. The summed E-state index contributed by atoms with van der Waals surface area (Å²) in [6, 6.07) is 6.14. The van der Waals surface area contributed by atoms with Gasteiger partial charge in [0.15, 0.2) is 0 Å². The molecule has 0 aliphatic carbocycles. The monoisotopic (exact) mass is 310 g/mol. The fourth-order valence-electron chi connectivity index (χ4n) is 2.18. The number of aromatic nitrogens is 2. The zero-order valence-electron chi connectivity index (χ0n) is 12.5. The van der Waals surface area contributed by atoms with Gasteiger partial charge in [-0.3, -0.25) is 10.1 Å². The summed E-state index contributed by atoms with van der Waals surface area (Å²) >= 11 is 0. The van der Waals surface area contributed by atoms with Crippen LogP contribution >= 0.6 is 0 Å². The van der Waals surface area contributed by atoms with Crippen molar-refractivity contribution in [3.8, 4) is 12.1 Å². The van der Waals surface area contributed by atoms with Gasteiger partial charge in [-0.2, -0.15) is 10.5 Å². The lowest BCUT2D eigenvalue weighted by atomic mass is 10.1. The van der Waals surface area contributed by atoms with Crippen molar-refractivity contribution in [3.05, 3.63) is 51.6 Å². The lowest BCUT2D eigenvalue weighted by Crippen LogP contribution is -2.09. The van der Waals surface area contributed by atoms with E-state index in [1.807, 2.05) is 23.8 Å². The number of imidazole rings is 1. The van der Waals surface area contributed by atoms with Crippen LogP contribution in [0.5, 0.6) is 0 Å². The number of aryl methyl sites for hydroxylation is 2. The normalized spacial score (nSPS) is 9.87. The van der Waals surface area contributed by atoms with E-state index < -0.39 is 4.92 Å². The first kappa shape index (κ1) is 16.0. The van der Waals surface area contributed by atoms with E-state index in [1.165, 1.54) is 6.07 Å². The van der Waals surface area contributed by atoms with Gasteiger partial charge in [-0.1, -0.05) is 0 Å². The highest BCUT2D eigenvalue weighted by Gasteiger charge is 2.18. The molecule has 1 N–H and O–H groups in total. The Morgan fingerprint density at radius 1 is 1.35 bits per heavy atom. The average Bonchev–Trinajstić information content (AvgIpc) is 2.95. The van der Waals surface area contributed by atoms with Crippen LogP contribution in [0.2, 0.25) is 0 Å². The Labute approximate surface area is 132 Å². The second-order valence-corrected chi connectivity index (χ2v) is 4.84. The van der Waals surface area contributed by atoms with Crippen molar-refractivity contribution in [2.45, 2.75) is 19.9 Å². The molecule has 0 bridgehead atoms. The molecule has 0 atom stereocenters. The Hall–Kier alpha value is -3.39. The molecule has 0 fully saturated rings. The van der Waals surface area contributed by atoms with Crippen LogP contribution in [0, 0.1) is 39.7 Å². The van der Waals surface area contributed by atoms with Crippen molar-refractivity contribution >= 4 is 11.4 Å². The first-order valence-corrected chi connectivity index (χ1v) is 6.91. The van der Waals surface area contributed by atoms with Crippen molar-refractivity contribution in [1.29, 1.82) is 10.5 Å². The van der Waals surface area contributed by atoms with Gasteiger partial charge in [0.1, 0.15) is 23.7 Å². The number of nitro groups is 1. The molecule has 0 radical (unpaired) electrons. The van der Waals surface area contributed by atoms with Crippen LogP contribution in [0.25, 0.3) is 0 Å². The SMILES string of the molecule is Cc1nccn1CCCNc1cc(C#N)c(C#N)cc1[N+](=O)[O-]. The molecule has 1 heterocycles. The first-order chi connectivity index (χ1) is 11.1. The fourth-order valence-corrected chi connectivity index (χ4v) is 2.18. The zero-order valence-corrected chi connectivity index (χ0v) is 12.5. The molecule has 0 amide bonds. The number of rotatable bonds is 6. The molecule has 23 heavy (non-hydrogen) atoms. The van der Waals surface area contributed by atoms with Gasteiger partial charge in [-0.05, 0) is 19.4 Å². The van der Waals surface area contributed by atoms with Crippen LogP contribution in [0.4, 0.5) is 11.4 Å². The van der Waals surface area contributed by atoms with E-state index in [-0.39, 0.29) is 22.5 Å². The summed E-state index contributed by atoms with van der Waals surface area (Å²) in [6.07, 6.45) is 4.32. The summed E-state index contributed by atoms with van der Waals surface area (Å²) in [5.74, 6) is 0.904. The van der Waals surface area contributed by atoms with Gasteiger partial charge in [0.05, 0.1) is 16.1 Å². The van der Waals surface area contributed by atoms with E-state index >= 15 is 0 Å². The molecule has 8 heteroatoms. The van der Waals surface area contributed by atoms with E-state index in [9.17, 15) is 10.1 Å². The first-order valence-electron chi connectivity index (χ1n) is 6.91. The minimum atomic E-state index is -0.565. The van der Waals surface area contributed by atoms with Crippen LogP contribution in [-0.2, 0) is 6.54 Å². The highest BCUT2D eigenvalue weighted by atomic mass is 16.6. The summed E-state index contributed by atoms with van der Waals surface area (Å²) in [5.41, 5.74) is 0.150. The highest BCUT2D eigenvalue weighted by molar-refractivity contribution is 5.68. The van der Waals surface area contributed by atoms with Gasteiger partial charge in [-0.15, -0.1) is 0 Å². The molecular formula is C15H14N6O2. The predicted molar refractivity (Wildman–Crippen MR) is 82.6 cm³/mol. The van der Waals surface area contributed by atoms with Gasteiger partial charge >= 0.3 is 0 Å². The van der Waals surface area contributed by atoms with Crippen molar-refractivity contribution in [2.75, 3.05) is 11.9 Å². The number of hydrogen-bond acceptors (Lipinski definition) is 6. The minimum absolute atomic E-state index is 0.00112. The van der Waals surface area contributed by atoms with Gasteiger partial charge < -0.3 is 9.88 Å². The van der Waals surface area contributed by atoms with E-state index in [1.54, 1.807) is 12.3 Å². The highest BCUT2D eigenvalue weighted by Crippen LogP contribution is 2.28. The Kier molecular flexibility index (Phi) is 4.90. The predicted octanol–water partition coefficient (Wildman–Crippen LogP) is 2.35. The van der Waals surface area contributed by atoms with Gasteiger partial charge in [0, 0.05) is 31.5 Å². The molecule has 8 nitrogen and oxygen atoms in total. The number of nitrogens with zero attached hydrogens (tertiary/aromatic N) is 5. The third-order valence-corrected chi connectivity index (χ3v) is 3.39. The minimum Gasteiger partial charge on any atom is -0.379 e. The Morgan fingerprint density at radius 3 is 2.61 bits per heavy atom. The topological polar surface area (TPSA) is 121 Å². The summed E-state index contributed by atoms with van der Waals surface area (Å²) in [4.78, 5) is 14.7. The van der Waals surface area contributed by atoms with Crippen LogP contribution in [0.3, 0.4) is 0 Å². The lowest BCUT2D eigenvalue weighted by molar-refractivity contribution is -0.384. The maximum absolute atomic E-state index is 11.1. The third kappa shape index (κ3) is 3.63. The molecule has 116 valence electrons. The summed E-state index contributed by atoms with van der Waals surface area (Å²) in [7, 11) is 0. The van der Waals surface area contributed by atoms with Crippen LogP contribution < -0.4 is 5.32 Å². The molecule has 0 aliphatic rings. The fraction of sp³-hybridized carbons (Fsp3) is 0.267. The molecule has 1 aromatic heterocycles. The number of nitrogens with one attached hydrogen (secondary N) is 1. The maximum Gasteiger partial charge on any atom is 0.293 e. The molecule has 0 saturated heterocycles. The lowest BCUT2D eigenvalue weighted by Gasteiger charge is -2.09. The zero-order chi connectivity index (χ0) is 16.8. The molecule has 2 rings (SSSR count). The van der Waals surface area contributed by atoms with Crippen LogP contribution in [-0.4, -0.2) is 21.0 Å². The summed E-state index contributed by atoms with van der Waals surface area (Å²) in [5, 5.41) is 32.0. The quantitative estimate of drug-likeness (QED) is 0.496. The van der Waals surface area contributed by atoms with Crippen molar-refractivity contribution in [2.24, 2.45) is 0 Å². The molecule has 0 unspecified atom stereocenters. The number of benzene rings is 1.